The predicted octanol–water partition coefficient (Wildman–Crippen LogP) is 4.80. The Kier molecular flexibility index (Phi) is 3.56. The lowest BCUT2D eigenvalue weighted by atomic mass is 9.99. The molecule has 1 heterocycles. The predicted molar refractivity (Wildman–Crippen MR) is 83.9 cm³/mol. The molecule has 1 unspecified atom stereocenters. The van der Waals surface area contributed by atoms with E-state index in [1.54, 1.807) is 11.3 Å². The molecule has 0 saturated heterocycles. The van der Waals surface area contributed by atoms with Gasteiger partial charge in [0, 0.05) is 15.8 Å². The summed E-state index contributed by atoms with van der Waals surface area (Å²) in [5.74, 6) is 0. The molecule has 0 aliphatic carbocycles. The van der Waals surface area contributed by atoms with Crippen molar-refractivity contribution in [1.82, 2.24) is 0 Å². The second-order valence-electron chi connectivity index (χ2n) is 4.59. The second kappa shape index (κ2) is 5.33. The van der Waals surface area contributed by atoms with Gasteiger partial charge in [-0.2, -0.15) is 0 Å². The van der Waals surface area contributed by atoms with Crippen LogP contribution in [0.4, 0.5) is 0 Å². The SMILES string of the molecule is NC(Cc1ccccc1Cl)c1cccc2ccsc12. The van der Waals surface area contributed by atoms with Gasteiger partial charge in [-0.25, -0.2) is 0 Å². The number of nitrogens with two attached hydrogens (primary N) is 1. The maximum atomic E-state index is 6.37. The lowest BCUT2D eigenvalue weighted by molar-refractivity contribution is 0.729. The average molecular weight is 288 g/mol. The topological polar surface area (TPSA) is 26.0 Å². The van der Waals surface area contributed by atoms with Crippen molar-refractivity contribution in [1.29, 1.82) is 0 Å². The van der Waals surface area contributed by atoms with Crippen molar-refractivity contribution in [3.8, 4) is 0 Å². The van der Waals surface area contributed by atoms with E-state index in [-0.39, 0.29) is 6.04 Å². The molecule has 2 aromatic carbocycles. The van der Waals surface area contributed by atoms with Crippen molar-refractivity contribution in [2.24, 2.45) is 5.73 Å². The van der Waals surface area contributed by atoms with E-state index in [1.165, 1.54) is 15.6 Å². The summed E-state index contributed by atoms with van der Waals surface area (Å²) in [5.41, 5.74) is 8.67. The summed E-state index contributed by atoms with van der Waals surface area (Å²) in [6.07, 6.45) is 0.761. The van der Waals surface area contributed by atoms with Gasteiger partial charge in [-0.05, 0) is 40.4 Å². The largest absolute Gasteiger partial charge is 0.324 e. The van der Waals surface area contributed by atoms with Crippen LogP contribution in [0.2, 0.25) is 5.02 Å². The molecule has 0 aliphatic heterocycles. The van der Waals surface area contributed by atoms with Crippen LogP contribution < -0.4 is 5.73 Å². The quantitative estimate of drug-likeness (QED) is 0.736. The molecule has 1 aromatic heterocycles. The molecule has 1 atom stereocenters. The molecule has 0 radical (unpaired) electrons. The molecule has 96 valence electrons. The fourth-order valence-corrected chi connectivity index (χ4v) is 3.51. The van der Waals surface area contributed by atoms with Gasteiger partial charge in [0.2, 0.25) is 0 Å². The molecule has 3 aromatic rings. The van der Waals surface area contributed by atoms with Crippen LogP contribution in [-0.2, 0) is 6.42 Å². The van der Waals surface area contributed by atoms with Gasteiger partial charge < -0.3 is 5.73 Å². The smallest absolute Gasteiger partial charge is 0.0438 e. The Bertz CT molecular complexity index is 705. The van der Waals surface area contributed by atoms with E-state index in [1.807, 2.05) is 24.3 Å². The molecule has 3 heteroatoms. The summed E-state index contributed by atoms with van der Waals surface area (Å²) in [5, 5.41) is 4.16. The number of hydrogen-bond donors (Lipinski definition) is 1. The fourth-order valence-electron chi connectivity index (χ4n) is 2.32. The Balaban J connectivity index is 1.94. The van der Waals surface area contributed by atoms with Crippen molar-refractivity contribution in [3.05, 3.63) is 70.1 Å². The minimum absolute atomic E-state index is 0.0257. The van der Waals surface area contributed by atoms with Gasteiger partial charge in [0.15, 0.2) is 0 Å². The maximum Gasteiger partial charge on any atom is 0.0438 e. The normalized spacial score (nSPS) is 12.7. The van der Waals surface area contributed by atoms with Gasteiger partial charge in [0.1, 0.15) is 0 Å². The van der Waals surface area contributed by atoms with Crippen LogP contribution in [0.15, 0.2) is 53.9 Å². The third-order valence-corrected chi connectivity index (χ3v) is 4.65. The van der Waals surface area contributed by atoms with E-state index in [0.29, 0.717) is 0 Å². The van der Waals surface area contributed by atoms with Crippen molar-refractivity contribution in [2.45, 2.75) is 12.5 Å². The van der Waals surface area contributed by atoms with Crippen LogP contribution in [0, 0.1) is 0 Å². The summed E-state index contributed by atoms with van der Waals surface area (Å²) in [4.78, 5) is 0. The van der Waals surface area contributed by atoms with E-state index in [9.17, 15) is 0 Å². The van der Waals surface area contributed by atoms with Crippen molar-refractivity contribution >= 4 is 33.0 Å². The van der Waals surface area contributed by atoms with E-state index in [0.717, 1.165) is 17.0 Å². The van der Waals surface area contributed by atoms with Crippen LogP contribution >= 0.6 is 22.9 Å². The molecule has 1 nitrogen and oxygen atoms in total. The summed E-state index contributed by atoms with van der Waals surface area (Å²) in [6, 6.07) is 16.3. The van der Waals surface area contributed by atoms with Crippen LogP contribution in [0.25, 0.3) is 10.1 Å². The third kappa shape index (κ3) is 2.52. The molecule has 19 heavy (non-hydrogen) atoms. The summed E-state index contributed by atoms with van der Waals surface area (Å²) in [7, 11) is 0. The molecule has 0 spiro atoms. The number of hydrogen-bond acceptors (Lipinski definition) is 2. The van der Waals surface area contributed by atoms with E-state index in [4.69, 9.17) is 17.3 Å². The van der Waals surface area contributed by atoms with Gasteiger partial charge in [-0.3, -0.25) is 0 Å². The van der Waals surface area contributed by atoms with Crippen molar-refractivity contribution in [3.63, 3.8) is 0 Å². The first-order valence-electron chi connectivity index (χ1n) is 6.21. The highest BCUT2D eigenvalue weighted by molar-refractivity contribution is 7.17. The summed E-state index contributed by atoms with van der Waals surface area (Å²) < 4.78 is 1.28. The number of halogens is 1. The minimum Gasteiger partial charge on any atom is -0.324 e. The zero-order chi connectivity index (χ0) is 13.2. The highest BCUT2D eigenvalue weighted by Crippen LogP contribution is 2.30. The monoisotopic (exact) mass is 287 g/mol. The number of benzene rings is 2. The van der Waals surface area contributed by atoms with Gasteiger partial charge >= 0.3 is 0 Å². The van der Waals surface area contributed by atoms with E-state index < -0.39 is 0 Å². The molecule has 0 fully saturated rings. The van der Waals surface area contributed by atoms with Gasteiger partial charge in [-0.15, -0.1) is 11.3 Å². The first-order valence-corrected chi connectivity index (χ1v) is 7.46. The van der Waals surface area contributed by atoms with Gasteiger partial charge in [0.05, 0.1) is 0 Å². The Labute approximate surface area is 121 Å². The molecule has 0 amide bonds. The molecule has 0 aliphatic rings. The lowest BCUT2D eigenvalue weighted by Crippen LogP contribution is -2.13. The molecular weight excluding hydrogens is 274 g/mol. The van der Waals surface area contributed by atoms with Crippen LogP contribution in [0.5, 0.6) is 0 Å². The van der Waals surface area contributed by atoms with E-state index >= 15 is 0 Å². The van der Waals surface area contributed by atoms with Crippen LogP contribution in [0.1, 0.15) is 17.2 Å². The molecule has 0 bridgehead atoms. The van der Waals surface area contributed by atoms with Crippen molar-refractivity contribution < 1.29 is 0 Å². The third-order valence-electron chi connectivity index (χ3n) is 3.31. The Morgan fingerprint density at radius 2 is 1.89 bits per heavy atom. The zero-order valence-corrected chi connectivity index (χ0v) is 11.9. The average Bonchev–Trinajstić information content (AvgIpc) is 2.89. The minimum atomic E-state index is -0.0257. The van der Waals surface area contributed by atoms with E-state index in [2.05, 4.69) is 29.6 Å². The van der Waals surface area contributed by atoms with Crippen molar-refractivity contribution in [2.75, 3.05) is 0 Å². The Hall–Kier alpha value is -1.35. The first-order chi connectivity index (χ1) is 9.25. The summed E-state index contributed by atoms with van der Waals surface area (Å²) >= 11 is 7.94. The Morgan fingerprint density at radius 3 is 2.74 bits per heavy atom. The van der Waals surface area contributed by atoms with Gasteiger partial charge in [0.25, 0.3) is 0 Å². The maximum absolute atomic E-state index is 6.37. The zero-order valence-electron chi connectivity index (χ0n) is 10.3. The van der Waals surface area contributed by atoms with Crippen LogP contribution in [-0.4, -0.2) is 0 Å². The number of rotatable bonds is 3. The highest BCUT2D eigenvalue weighted by Gasteiger charge is 2.12. The lowest BCUT2D eigenvalue weighted by Gasteiger charge is -2.14. The first kappa shape index (κ1) is 12.7. The molecular formula is C16H14ClNS. The fraction of sp³-hybridized carbons (Fsp3) is 0.125. The molecule has 2 N–H and O–H groups in total. The second-order valence-corrected chi connectivity index (χ2v) is 5.91. The van der Waals surface area contributed by atoms with Crippen LogP contribution in [0.3, 0.4) is 0 Å². The molecule has 3 rings (SSSR count). The van der Waals surface area contributed by atoms with Gasteiger partial charge in [-0.1, -0.05) is 48.0 Å². The molecule has 0 saturated carbocycles. The number of thiophene rings is 1. The Morgan fingerprint density at radius 1 is 1.05 bits per heavy atom. The standard InChI is InChI=1S/C16H14ClNS/c17-14-7-2-1-4-12(14)10-15(18)13-6-3-5-11-8-9-19-16(11)13/h1-9,15H,10,18H2. The number of fused-ring (bicyclic) bond motifs is 1. The highest BCUT2D eigenvalue weighted by atomic mass is 35.5. The summed E-state index contributed by atoms with van der Waals surface area (Å²) in [6.45, 7) is 0.